The van der Waals surface area contributed by atoms with Crippen molar-refractivity contribution in [1.29, 1.82) is 0 Å². The van der Waals surface area contributed by atoms with Gasteiger partial charge in [-0.05, 0) is 51.8 Å². The molecular formula is C18H17Br2NO3. The number of benzene rings is 2. The van der Waals surface area contributed by atoms with E-state index in [1.54, 1.807) is 25.3 Å². The predicted octanol–water partition coefficient (Wildman–Crippen LogP) is 4.43. The van der Waals surface area contributed by atoms with E-state index in [-0.39, 0.29) is 12.0 Å². The number of halogens is 2. The second-order valence-corrected chi connectivity index (χ2v) is 7.28. The van der Waals surface area contributed by atoms with Crippen LogP contribution in [0.2, 0.25) is 0 Å². The molecule has 1 heterocycles. The van der Waals surface area contributed by atoms with E-state index >= 15 is 0 Å². The Bertz CT molecular complexity index is 734. The summed E-state index contributed by atoms with van der Waals surface area (Å²) in [5.41, 5.74) is 1.71. The highest BCUT2D eigenvalue weighted by Crippen LogP contribution is 2.28. The summed E-state index contributed by atoms with van der Waals surface area (Å²) in [7, 11) is 1.60. The van der Waals surface area contributed by atoms with Crippen molar-refractivity contribution in [2.24, 2.45) is 0 Å². The van der Waals surface area contributed by atoms with Crippen LogP contribution in [0.25, 0.3) is 0 Å². The second-order valence-electron chi connectivity index (χ2n) is 5.51. The first-order valence-corrected chi connectivity index (χ1v) is 9.17. The number of carbonyl (C=O) groups excluding carboxylic acids is 1. The molecule has 2 aromatic rings. The van der Waals surface area contributed by atoms with Crippen molar-refractivity contribution < 1.29 is 14.3 Å². The lowest BCUT2D eigenvalue weighted by Crippen LogP contribution is -2.42. The van der Waals surface area contributed by atoms with E-state index < -0.39 is 0 Å². The number of nitrogens with zero attached hydrogens (tertiary/aromatic N) is 1. The van der Waals surface area contributed by atoms with Crippen molar-refractivity contribution >= 4 is 37.8 Å². The van der Waals surface area contributed by atoms with Crippen molar-refractivity contribution in [3.05, 3.63) is 62.5 Å². The average Bonchev–Trinajstić information content (AvgIpc) is 2.61. The van der Waals surface area contributed by atoms with Gasteiger partial charge in [0.1, 0.15) is 11.9 Å². The molecule has 0 unspecified atom stereocenters. The predicted molar refractivity (Wildman–Crippen MR) is 99.4 cm³/mol. The minimum atomic E-state index is -0.0995. The summed E-state index contributed by atoms with van der Waals surface area (Å²) in [4.78, 5) is 14.6. The van der Waals surface area contributed by atoms with Crippen molar-refractivity contribution in [3.8, 4) is 5.75 Å². The van der Waals surface area contributed by atoms with Crippen LogP contribution in [0.15, 0.2) is 51.4 Å². The lowest BCUT2D eigenvalue weighted by Gasteiger charge is -2.33. The Labute approximate surface area is 158 Å². The Balaban J connectivity index is 1.75. The largest absolute Gasteiger partial charge is 0.496 e. The van der Waals surface area contributed by atoms with Gasteiger partial charge in [0.2, 0.25) is 0 Å². The lowest BCUT2D eigenvalue weighted by molar-refractivity contribution is -0.0228. The fourth-order valence-electron chi connectivity index (χ4n) is 2.69. The molecule has 126 valence electrons. The minimum absolute atomic E-state index is 0.00349. The Morgan fingerprint density at radius 2 is 1.96 bits per heavy atom. The molecule has 6 heteroatoms. The zero-order valence-corrected chi connectivity index (χ0v) is 16.3. The SMILES string of the molecule is COc1ccc(C(=O)N2CCO[C@H](c3ccc(Br)cc3)C2)cc1Br. The standard InChI is InChI=1S/C18H17Br2NO3/c1-23-16-7-4-13(10-15(16)20)18(22)21-8-9-24-17(11-21)12-2-5-14(19)6-3-12/h2-7,10,17H,8-9,11H2,1H3/t17-/m0/s1. The number of carbonyl (C=O) groups is 1. The molecule has 1 saturated heterocycles. The van der Waals surface area contributed by atoms with E-state index in [1.165, 1.54) is 0 Å². The first-order chi connectivity index (χ1) is 11.6. The molecule has 0 radical (unpaired) electrons. The number of methoxy groups -OCH3 is 1. The van der Waals surface area contributed by atoms with Gasteiger partial charge >= 0.3 is 0 Å². The van der Waals surface area contributed by atoms with Gasteiger partial charge in [0.25, 0.3) is 5.91 Å². The van der Waals surface area contributed by atoms with Crippen molar-refractivity contribution in [3.63, 3.8) is 0 Å². The summed E-state index contributed by atoms with van der Waals surface area (Å²) < 4.78 is 12.9. The smallest absolute Gasteiger partial charge is 0.254 e. The highest BCUT2D eigenvalue weighted by atomic mass is 79.9. The molecular weight excluding hydrogens is 438 g/mol. The number of hydrogen-bond donors (Lipinski definition) is 0. The summed E-state index contributed by atoms with van der Waals surface area (Å²) in [5, 5.41) is 0. The Morgan fingerprint density at radius 1 is 1.21 bits per heavy atom. The van der Waals surface area contributed by atoms with Crippen LogP contribution in [0, 0.1) is 0 Å². The molecule has 1 atom stereocenters. The van der Waals surface area contributed by atoms with E-state index in [1.807, 2.05) is 29.2 Å². The Hall–Kier alpha value is -1.37. The van der Waals surface area contributed by atoms with Gasteiger partial charge in [-0.3, -0.25) is 4.79 Å². The highest BCUT2D eigenvalue weighted by molar-refractivity contribution is 9.10. The van der Waals surface area contributed by atoms with Gasteiger partial charge in [-0.1, -0.05) is 28.1 Å². The molecule has 1 aliphatic rings. The van der Waals surface area contributed by atoms with E-state index in [0.29, 0.717) is 31.0 Å². The van der Waals surface area contributed by atoms with Crippen LogP contribution in [0.3, 0.4) is 0 Å². The monoisotopic (exact) mass is 453 g/mol. The molecule has 1 amide bonds. The second kappa shape index (κ2) is 7.68. The van der Waals surface area contributed by atoms with E-state index in [4.69, 9.17) is 9.47 Å². The van der Waals surface area contributed by atoms with Gasteiger partial charge in [0, 0.05) is 16.6 Å². The summed E-state index contributed by atoms with van der Waals surface area (Å²) in [6, 6.07) is 13.4. The molecule has 1 fully saturated rings. The van der Waals surface area contributed by atoms with Crippen LogP contribution in [0.4, 0.5) is 0 Å². The Kier molecular flexibility index (Phi) is 5.58. The third-order valence-corrected chi connectivity index (χ3v) is 5.14. The molecule has 3 rings (SSSR count). The van der Waals surface area contributed by atoms with E-state index in [0.717, 1.165) is 14.5 Å². The van der Waals surface area contributed by atoms with Gasteiger partial charge in [0.05, 0.1) is 24.7 Å². The zero-order valence-electron chi connectivity index (χ0n) is 13.2. The van der Waals surface area contributed by atoms with Crippen LogP contribution < -0.4 is 4.74 Å². The molecule has 0 saturated carbocycles. The summed E-state index contributed by atoms with van der Waals surface area (Å²) in [6.45, 7) is 1.67. The van der Waals surface area contributed by atoms with Crippen LogP contribution in [0.1, 0.15) is 22.0 Å². The third kappa shape index (κ3) is 3.82. The molecule has 1 aliphatic heterocycles. The molecule has 0 spiro atoms. The average molecular weight is 455 g/mol. The summed E-state index contributed by atoms with van der Waals surface area (Å²) >= 11 is 6.86. The minimum Gasteiger partial charge on any atom is -0.496 e. The molecule has 2 aromatic carbocycles. The first-order valence-electron chi connectivity index (χ1n) is 7.58. The maximum absolute atomic E-state index is 12.8. The zero-order chi connectivity index (χ0) is 17.1. The van der Waals surface area contributed by atoms with Crippen molar-refractivity contribution in [2.45, 2.75) is 6.10 Å². The highest BCUT2D eigenvalue weighted by Gasteiger charge is 2.26. The quantitative estimate of drug-likeness (QED) is 0.688. The molecule has 0 aliphatic carbocycles. The van der Waals surface area contributed by atoms with Crippen LogP contribution in [-0.2, 0) is 4.74 Å². The van der Waals surface area contributed by atoms with E-state index in [9.17, 15) is 4.79 Å². The van der Waals surface area contributed by atoms with Gasteiger partial charge in [0.15, 0.2) is 0 Å². The maximum atomic E-state index is 12.8. The lowest BCUT2D eigenvalue weighted by atomic mass is 10.1. The van der Waals surface area contributed by atoms with Gasteiger partial charge in [-0.15, -0.1) is 0 Å². The molecule has 0 bridgehead atoms. The number of rotatable bonds is 3. The molecule has 0 aromatic heterocycles. The van der Waals surface area contributed by atoms with Crippen molar-refractivity contribution in [2.75, 3.05) is 26.8 Å². The van der Waals surface area contributed by atoms with Crippen LogP contribution >= 0.6 is 31.9 Å². The van der Waals surface area contributed by atoms with Crippen LogP contribution in [-0.4, -0.2) is 37.6 Å². The molecule has 24 heavy (non-hydrogen) atoms. The topological polar surface area (TPSA) is 38.8 Å². The summed E-state index contributed by atoms with van der Waals surface area (Å²) in [5.74, 6) is 0.713. The Morgan fingerprint density at radius 3 is 2.62 bits per heavy atom. The number of hydrogen-bond acceptors (Lipinski definition) is 3. The van der Waals surface area contributed by atoms with Gasteiger partial charge in [-0.25, -0.2) is 0 Å². The van der Waals surface area contributed by atoms with Gasteiger partial charge in [-0.2, -0.15) is 0 Å². The fraction of sp³-hybridized carbons (Fsp3) is 0.278. The molecule has 0 N–H and O–H groups in total. The van der Waals surface area contributed by atoms with E-state index in [2.05, 4.69) is 31.9 Å². The summed E-state index contributed by atoms with van der Waals surface area (Å²) in [6.07, 6.45) is -0.0995. The fourth-order valence-corrected chi connectivity index (χ4v) is 3.50. The number of ether oxygens (including phenoxy) is 2. The maximum Gasteiger partial charge on any atom is 0.254 e. The first kappa shape index (κ1) is 17.5. The van der Waals surface area contributed by atoms with Gasteiger partial charge < -0.3 is 14.4 Å². The van der Waals surface area contributed by atoms with Crippen molar-refractivity contribution in [1.82, 2.24) is 4.90 Å². The number of morpholine rings is 1. The molecule has 4 nitrogen and oxygen atoms in total. The third-order valence-electron chi connectivity index (χ3n) is 3.99. The normalized spacial score (nSPS) is 17.6. The van der Waals surface area contributed by atoms with Crippen LogP contribution in [0.5, 0.6) is 5.75 Å². The number of amides is 1.